The van der Waals surface area contributed by atoms with Crippen LogP contribution in [-0.4, -0.2) is 45.9 Å². The molecule has 0 aromatic carbocycles. The molecule has 2 unspecified atom stereocenters. The molecule has 0 aromatic rings. The Kier molecular flexibility index (Phi) is 10.2. The number of ketones is 1. The summed E-state index contributed by atoms with van der Waals surface area (Å²) in [6.07, 6.45) is 17.6. The molecule has 1 aliphatic carbocycles. The summed E-state index contributed by atoms with van der Waals surface area (Å²) in [6, 6.07) is 0. The van der Waals surface area contributed by atoms with Crippen LogP contribution in [0.2, 0.25) is 0 Å². The van der Waals surface area contributed by atoms with Crippen molar-refractivity contribution in [1.29, 1.82) is 0 Å². The average Bonchev–Trinajstić information content (AvgIpc) is 2.58. The molecule has 128 valence electrons. The lowest BCUT2D eigenvalue weighted by atomic mass is 9.84. The predicted molar refractivity (Wildman–Crippen MR) is 92.4 cm³/mol. The summed E-state index contributed by atoms with van der Waals surface area (Å²) in [5.41, 5.74) is 0. The third kappa shape index (κ3) is 8.65. The number of hydrogen-bond acceptors (Lipinski definition) is 4. The van der Waals surface area contributed by atoms with E-state index in [4.69, 9.17) is 14.2 Å². The van der Waals surface area contributed by atoms with E-state index in [-0.39, 0.29) is 18.0 Å². The summed E-state index contributed by atoms with van der Waals surface area (Å²) in [5, 5.41) is 0. The summed E-state index contributed by atoms with van der Waals surface area (Å²) in [7, 11) is 5.10. The number of carbonyl (C=O) groups excluding carboxylic acids is 1. The number of carbonyl (C=O) groups is 1. The van der Waals surface area contributed by atoms with Gasteiger partial charge in [-0.05, 0) is 37.3 Å². The summed E-state index contributed by atoms with van der Waals surface area (Å²) in [5.74, 6) is 0.313. The van der Waals surface area contributed by atoms with Gasteiger partial charge in [0.15, 0.2) is 5.78 Å². The van der Waals surface area contributed by atoms with Crippen molar-refractivity contribution in [2.45, 2.75) is 31.5 Å². The molecular weight excluding hydrogens is 292 g/mol. The molecule has 1 fully saturated rings. The molecule has 0 spiro atoms. The first-order valence-electron chi connectivity index (χ1n) is 7.96. The van der Waals surface area contributed by atoms with Crippen molar-refractivity contribution >= 4 is 5.78 Å². The Balaban J connectivity index is 2.41. The van der Waals surface area contributed by atoms with Crippen LogP contribution in [0, 0.1) is 5.92 Å². The van der Waals surface area contributed by atoms with E-state index in [1.54, 1.807) is 39.6 Å². The quantitative estimate of drug-likeness (QED) is 0.483. The maximum atomic E-state index is 11.8. The second kappa shape index (κ2) is 12.0. The van der Waals surface area contributed by atoms with Crippen LogP contribution in [0.15, 0.2) is 48.6 Å². The summed E-state index contributed by atoms with van der Waals surface area (Å²) < 4.78 is 15.8. The molecule has 0 amide bonds. The number of rotatable bonds is 9. The van der Waals surface area contributed by atoms with Gasteiger partial charge in [0.25, 0.3) is 0 Å². The molecule has 0 bridgehead atoms. The van der Waals surface area contributed by atoms with Gasteiger partial charge in [-0.2, -0.15) is 0 Å². The minimum absolute atomic E-state index is 0.0102. The lowest BCUT2D eigenvalue weighted by Gasteiger charge is -2.31. The predicted octanol–water partition coefficient (Wildman–Crippen LogP) is 3.26. The maximum Gasteiger partial charge on any atom is 0.178 e. The molecule has 0 heterocycles. The van der Waals surface area contributed by atoms with Crippen molar-refractivity contribution in [1.82, 2.24) is 0 Å². The highest BCUT2D eigenvalue weighted by molar-refractivity contribution is 5.99. The lowest BCUT2D eigenvalue weighted by molar-refractivity contribution is -0.110. The fraction of sp³-hybridized carbons (Fsp3) is 0.526. The Morgan fingerprint density at radius 3 is 2.17 bits per heavy atom. The number of methoxy groups -OCH3 is 3. The van der Waals surface area contributed by atoms with Crippen LogP contribution >= 0.6 is 0 Å². The molecule has 0 aromatic heterocycles. The van der Waals surface area contributed by atoms with Gasteiger partial charge in [-0.25, -0.2) is 0 Å². The Bertz CT molecular complexity index is 436. The molecule has 2 atom stereocenters. The SMILES string of the molecule is COC/C=C/C=C/C=C/C(=O)/C=C/C1CC(OC)CC(OC)C1. The Labute approximate surface area is 139 Å². The minimum Gasteiger partial charge on any atom is -0.381 e. The van der Waals surface area contributed by atoms with Crippen molar-refractivity contribution in [2.24, 2.45) is 5.92 Å². The lowest BCUT2D eigenvalue weighted by Crippen LogP contribution is -2.31. The molecule has 1 saturated carbocycles. The van der Waals surface area contributed by atoms with E-state index in [1.165, 1.54) is 0 Å². The van der Waals surface area contributed by atoms with Crippen molar-refractivity contribution in [3.05, 3.63) is 48.6 Å². The van der Waals surface area contributed by atoms with E-state index in [0.717, 1.165) is 19.3 Å². The van der Waals surface area contributed by atoms with E-state index in [0.29, 0.717) is 12.5 Å². The molecule has 4 nitrogen and oxygen atoms in total. The van der Waals surface area contributed by atoms with Crippen LogP contribution in [-0.2, 0) is 19.0 Å². The van der Waals surface area contributed by atoms with Gasteiger partial charge in [-0.3, -0.25) is 4.79 Å². The van der Waals surface area contributed by atoms with Crippen LogP contribution in [0.5, 0.6) is 0 Å². The van der Waals surface area contributed by atoms with Gasteiger partial charge in [0.05, 0.1) is 18.8 Å². The zero-order valence-electron chi connectivity index (χ0n) is 14.3. The third-order valence-electron chi connectivity index (χ3n) is 3.85. The first-order chi connectivity index (χ1) is 11.2. The second-order valence-electron chi connectivity index (χ2n) is 5.57. The third-order valence-corrected chi connectivity index (χ3v) is 3.85. The summed E-state index contributed by atoms with van der Waals surface area (Å²) in [4.78, 5) is 11.8. The van der Waals surface area contributed by atoms with E-state index in [1.807, 2.05) is 30.4 Å². The van der Waals surface area contributed by atoms with Crippen LogP contribution in [0.3, 0.4) is 0 Å². The molecule has 0 radical (unpaired) electrons. The van der Waals surface area contributed by atoms with Crippen molar-refractivity contribution < 1.29 is 19.0 Å². The van der Waals surface area contributed by atoms with Crippen LogP contribution in [0.25, 0.3) is 0 Å². The maximum absolute atomic E-state index is 11.8. The molecule has 4 heteroatoms. The van der Waals surface area contributed by atoms with Gasteiger partial charge < -0.3 is 14.2 Å². The highest BCUT2D eigenvalue weighted by Crippen LogP contribution is 2.28. The fourth-order valence-electron chi connectivity index (χ4n) is 2.59. The monoisotopic (exact) mass is 320 g/mol. The van der Waals surface area contributed by atoms with Gasteiger partial charge in [-0.1, -0.05) is 36.5 Å². The van der Waals surface area contributed by atoms with Crippen molar-refractivity contribution in [3.63, 3.8) is 0 Å². The van der Waals surface area contributed by atoms with Crippen LogP contribution in [0.1, 0.15) is 19.3 Å². The molecule has 1 rings (SSSR count). The molecule has 0 aliphatic heterocycles. The Morgan fingerprint density at radius 2 is 1.57 bits per heavy atom. The highest BCUT2D eigenvalue weighted by Gasteiger charge is 2.27. The largest absolute Gasteiger partial charge is 0.381 e. The van der Waals surface area contributed by atoms with Crippen LogP contribution in [0.4, 0.5) is 0 Å². The fourth-order valence-corrected chi connectivity index (χ4v) is 2.59. The van der Waals surface area contributed by atoms with Gasteiger partial charge in [0.2, 0.25) is 0 Å². The molecule has 0 N–H and O–H groups in total. The molecule has 0 saturated heterocycles. The van der Waals surface area contributed by atoms with Gasteiger partial charge in [-0.15, -0.1) is 0 Å². The normalized spacial score (nSPS) is 26.1. The topological polar surface area (TPSA) is 44.8 Å². The van der Waals surface area contributed by atoms with E-state index in [2.05, 4.69) is 0 Å². The zero-order chi connectivity index (χ0) is 16.9. The molecule has 23 heavy (non-hydrogen) atoms. The van der Waals surface area contributed by atoms with E-state index in [9.17, 15) is 4.79 Å². The zero-order valence-corrected chi connectivity index (χ0v) is 14.3. The van der Waals surface area contributed by atoms with E-state index < -0.39 is 0 Å². The van der Waals surface area contributed by atoms with Gasteiger partial charge in [0, 0.05) is 21.3 Å². The number of allylic oxidation sites excluding steroid dienone is 7. The van der Waals surface area contributed by atoms with E-state index >= 15 is 0 Å². The Hall–Kier alpha value is -1.49. The van der Waals surface area contributed by atoms with Gasteiger partial charge >= 0.3 is 0 Å². The first kappa shape index (κ1) is 19.6. The highest BCUT2D eigenvalue weighted by atomic mass is 16.5. The average molecular weight is 320 g/mol. The first-order valence-corrected chi connectivity index (χ1v) is 7.96. The minimum atomic E-state index is -0.0102. The molecular formula is C19H28O4. The number of hydrogen-bond donors (Lipinski definition) is 0. The standard InChI is InChI=1S/C19H28O4/c1-21-12-8-6-4-5-7-9-17(20)11-10-16-13-18(22-2)15-19(14-16)23-3/h4-11,16,18-19H,12-15H2,1-3H3/b5-4+,8-6+,9-7+,11-10+. The summed E-state index contributed by atoms with van der Waals surface area (Å²) in [6.45, 7) is 0.585. The summed E-state index contributed by atoms with van der Waals surface area (Å²) >= 11 is 0. The second-order valence-corrected chi connectivity index (χ2v) is 5.57. The smallest absolute Gasteiger partial charge is 0.178 e. The van der Waals surface area contributed by atoms with Crippen LogP contribution < -0.4 is 0 Å². The van der Waals surface area contributed by atoms with Crippen molar-refractivity contribution in [3.8, 4) is 0 Å². The number of ether oxygens (including phenoxy) is 3. The molecule has 1 aliphatic rings. The Morgan fingerprint density at radius 1 is 0.913 bits per heavy atom. The van der Waals surface area contributed by atoms with Gasteiger partial charge in [0.1, 0.15) is 0 Å². The van der Waals surface area contributed by atoms with Crippen molar-refractivity contribution in [2.75, 3.05) is 27.9 Å².